The zero-order chi connectivity index (χ0) is 21.0. The van der Waals surface area contributed by atoms with Gasteiger partial charge in [0.1, 0.15) is 0 Å². The van der Waals surface area contributed by atoms with E-state index >= 15 is 0 Å². The molecule has 168 valence electrons. The lowest BCUT2D eigenvalue weighted by atomic mass is 9.44. The van der Waals surface area contributed by atoms with Gasteiger partial charge in [-0.05, 0) is 116 Å². The molecule has 0 aromatic heterocycles. The molecule has 0 aliphatic heterocycles. The highest BCUT2D eigenvalue weighted by atomic mass is 16.3. The zero-order valence-electron chi connectivity index (χ0n) is 20.4. The molecule has 1 N–H and O–H groups in total. The van der Waals surface area contributed by atoms with Crippen molar-refractivity contribution in [1.29, 1.82) is 0 Å². The number of hydrogen-bond donors (Lipinski definition) is 1. The van der Waals surface area contributed by atoms with Crippen LogP contribution < -0.4 is 0 Å². The molecule has 0 unspecified atom stereocenters. The zero-order valence-corrected chi connectivity index (χ0v) is 20.4. The third-order valence-electron chi connectivity index (χ3n) is 11.6. The van der Waals surface area contributed by atoms with Crippen LogP contribution in [-0.4, -0.2) is 11.2 Å². The summed E-state index contributed by atoms with van der Waals surface area (Å²) in [7, 11) is 0. The van der Waals surface area contributed by atoms with Crippen molar-refractivity contribution in [3.63, 3.8) is 0 Å². The minimum Gasteiger partial charge on any atom is -0.393 e. The smallest absolute Gasteiger partial charge is 0.0543 e. The standard InChI is InChI=1S/C28H50O/c1-18(2)19(3)7-8-20(4)24-11-12-25-23-10-9-21-17-22(29)13-15-27(21,5)26(23)14-16-28(24,25)6/h18-26,29H,7-17H2,1-6H3/t19-,20+,21-,22+,23-,24-,25+,26-,27+,28+/m0/s1. The summed E-state index contributed by atoms with van der Waals surface area (Å²) in [6.45, 7) is 15.2. The van der Waals surface area contributed by atoms with Crippen molar-refractivity contribution in [1.82, 2.24) is 0 Å². The Morgan fingerprint density at radius 2 is 1.48 bits per heavy atom. The molecule has 0 aromatic rings. The predicted octanol–water partition coefficient (Wildman–Crippen LogP) is 7.71. The highest BCUT2D eigenvalue weighted by molar-refractivity contribution is 5.09. The van der Waals surface area contributed by atoms with Crippen molar-refractivity contribution in [2.24, 2.45) is 58.2 Å². The van der Waals surface area contributed by atoms with Crippen molar-refractivity contribution < 1.29 is 5.11 Å². The van der Waals surface area contributed by atoms with Crippen molar-refractivity contribution in [2.45, 2.75) is 118 Å². The van der Waals surface area contributed by atoms with Crippen molar-refractivity contribution >= 4 is 0 Å². The molecule has 4 aliphatic carbocycles. The Labute approximate surface area is 181 Å². The Morgan fingerprint density at radius 1 is 0.793 bits per heavy atom. The van der Waals surface area contributed by atoms with Gasteiger partial charge in [-0.15, -0.1) is 0 Å². The summed E-state index contributed by atoms with van der Waals surface area (Å²) in [5.74, 6) is 7.28. The first-order chi connectivity index (χ1) is 13.7. The van der Waals surface area contributed by atoms with E-state index in [1.165, 1.54) is 57.8 Å². The molecule has 0 amide bonds. The van der Waals surface area contributed by atoms with Crippen LogP contribution in [0.15, 0.2) is 0 Å². The van der Waals surface area contributed by atoms with Crippen LogP contribution in [0.5, 0.6) is 0 Å². The van der Waals surface area contributed by atoms with Crippen LogP contribution in [0.3, 0.4) is 0 Å². The van der Waals surface area contributed by atoms with Gasteiger partial charge in [-0.2, -0.15) is 0 Å². The van der Waals surface area contributed by atoms with Gasteiger partial charge in [-0.1, -0.05) is 54.4 Å². The quantitative estimate of drug-likeness (QED) is 0.499. The first-order valence-electron chi connectivity index (χ1n) is 13.3. The molecule has 1 heteroatoms. The SMILES string of the molecule is CC(C)[C@@H](C)CC[C@@H](C)[C@@H]1CC[C@@H]2[C@@H]3CC[C@H]4C[C@H](O)CC[C@@]4(C)[C@H]3CC[C@@]21C. The van der Waals surface area contributed by atoms with E-state index in [-0.39, 0.29) is 6.10 Å². The van der Waals surface area contributed by atoms with Crippen LogP contribution in [0.25, 0.3) is 0 Å². The molecule has 4 rings (SSSR count). The summed E-state index contributed by atoms with van der Waals surface area (Å²) < 4.78 is 0. The molecule has 4 saturated carbocycles. The second kappa shape index (κ2) is 8.14. The molecule has 0 heterocycles. The van der Waals surface area contributed by atoms with Crippen LogP contribution in [0.2, 0.25) is 0 Å². The van der Waals surface area contributed by atoms with Crippen molar-refractivity contribution in [3.8, 4) is 0 Å². The van der Waals surface area contributed by atoms with Gasteiger partial charge in [0.2, 0.25) is 0 Å². The fraction of sp³-hybridized carbons (Fsp3) is 1.00. The maximum Gasteiger partial charge on any atom is 0.0543 e. The Hall–Kier alpha value is -0.0400. The van der Waals surface area contributed by atoms with Crippen molar-refractivity contribution in [3.05, 3.63) is 0 Å². The molecule has 10 atom stereocenters. The predicted molar refractivity (Wildman–Crippen MR) is 124 cm³/mol. The van der Waals surface area contributed by atoms with Crippen molar-refractivity contribution in [2.75, 3.05) is 0 Å². The number of rotatable bonds is 5. The highest BCUT2D eigenvalue weighted by Gasteiger charge is 2.60. The Balaban J connectivity index is 1.46. The molecule has 0 radical (unpaired) electrons. The molecule has 0 bridgehead atoms. The molecule has 4 fully saturated rings. The lowest BCUT2D eigenvalue weighted by Crippen LogP contribution is -2.54. The molecular weight excluding hydrogens is 352 g/mol. The Bertz CT molecular complexity index is 569. The number of aliphatic hydroxyl groups excluding tert-OH is 1. The van der Waals surface area contributed by atoms with Crippen LogP contribution in [0.1, 0.15) is 112 Å². The minimum atomic E-state index is -0.0107. The fourth-order valence-electron chi connectivity index (χ4n) is 9.27. The Morgan fingerprint density at radius 3 is 2.21 bits per heavy atom. The molecule has 0 spiro atoms. The average Bonchev–Trinajstić information content (AvgIpc) is 3.03. The van der Waals surface area contributed by atoms with E-state index in [9.17, 15) is 5.11 Å². The molecule has 4 aliphatic rings. The summed E-state index contributed by atoms with van der Waals surface area (Å²) in [4.78, 5) is 0. The summed E-state index contributed by atoms with van der Waals surface area (Å²) in [6, 6.07) is 0. The number of aliphatic hydroxyl groups is 1. The second-order valence-corrected chi connectivity index (χ2v) is 13.1. The first kappa shape index (κ1) is 22.2. The van der Waals surface area contributed by atoms with E-state index in [0.717, 1.165) is 60.2 Å². The van der Waals surface area contributed by atoms with Gasteiger partial charge in [0, 0.05) is 0 Å². The van der Waals surface area contributed by atoms with E-state index in [2.05, 4.69) is 41.5 Å². The third-order valence-corrected chi connectivity index (χ3v) is 11.6. The lowest BCUT2D eigenvalue weighted by molar-refractivity contribution is -0.129. The van der Waals surface area contributed by atoms with Gasteiger partial charge < -0.3 is 5.11 Å². The van der Waals surface area contributed by atoms with Gasteiger partial charge in [0.15, 0.2) is 0 Å². The van der Waals surface area contributed by atoms with E-state index in [4.69, 9.17) is 0 Å². The molecule has 0 saturated heterocycles. The van der Waals surface area contributed by atoms with E-state index in [0.29, 0.717) is 10.8 Å². The van der Waals surface area contributed by atoms with Gasteiger partial charge in [-0.3, -0.25) is 0 Å². The summed E-state index contributed by atoms with van der Waals surface area (Å²) in [5.41, 5.74) is 1.14. The monoisotopic (exact) mass is 402 g/mol. The lowest BCUT2D eigenvalue weighted by Gasteiger charge is -2.61. The van der Waals surface area contributed by atoms with E-state index in [1.54, 1.807) is 0 Å². The summed E-state index contributed by atoms with van der Waals surface area (Å²) >= 11 is 0. The number of fused-ring (bicyclic) bond motifs is 5. The first-order valence-corrected chi connectivity index (χ1v) is 13.3. The van der Waals surface area contributed by atoms with Gasteiger partial charge in [0.05, 0.1) is 6.10 Å². The van der Waals surface area contributed by atoms with Gasteiger partial charge in [0.25, 0.3) is 0 Å². The maximum atomic E-state index is 10.3. The molecule has 1 nitrogen and oxygen atoms in total. The summed E-state index contributed by atoms with van der Waals surface area (Å²) in [5, 5.41) is 10.3. The molecule has 29 heavy (non-hydrogen) atoms. The van der Waals surface area contributed by atoms with Gasteiger partial charge >= 0.3 is 0 Å². The normalized spacial score (nSPS) is 49.2. The largest absolute Gasteiger partial charge is 0.393 e. The maximum absolute atomic E-state index is 10.3. The third kappa shape index (κ3) is 3.74. The number of hydrogen-bond acceptors (Lipinski definition) is 1. The van der Waals surface area contributed by atoms with Crippen LogP contribution in [0.4, 0.5) is 0 Å². The highest BCUT2D eigenvalue weighted by Crippen LogP contribution is 2.68. The second-order valence-electron chi connectivity index (χ2n) is 13.1. The van der Waals surface area contributed by atoms with E-state index in [1.807, 2.05) is 0 Å². The average molecular weight is 403 g/mol. The fourth-order valence-corrected chi connectivity index (χ4v) is 9.27. The van der Waals surface area contributed by atoms with Crippen LogP contribution in [-0.2, 0) is 0 Å². The minimum absolute atomic E-state index is 0.0107. The topological polar surface area (TPSA) is 20.2 Å². The Kier molecular flexibility index (Phi) is 6.22. The molecule has 0 aromatic carbocycles. The van der Waals surface area contributed by atoms with Gasteiger partial charge in [-0.25, -0.2) is 0 Å². The van der Waals surface area contributed by atoms with Crippen LogP contribution >= 0.6 is 0 Å². The molecular formula is C28H50O. The van der Waals surface area contributed by atoms with Crippen LogP contribution in [0, 0.1) is 58.2 Å². The van der Waals surface area contributed by atoms with E-state index < -0.39 is 0 Å². The summed E-state index contributed by atoms with van der Waals surface area (Å²) in [6.07, 6.45) is 15.1.